The zero-order valence-electron chi connectivity index (χ0n) is 14.4. The van der Waals surface area contributed by atoms with Crippen LogP contribution in [-0.4, -0.2) is 16.9 Å². The van der Waals surface area contributed by atoms with Crippen LogP contribution in [0.2, 0.25) is 0 Å². The van der Waals surface area contributed by atoms with Gasteiger partial charge in [-0.3, -0.25) is 9.59 Å². The summed E-state index contributed by atoms with van der Waals surface area (Å²) >= 11 is 0. The highest BCUT2D eigenvalue weighted by Crippen LogP contribution is 2.70. The highest BCUT2D eigenvalue weighted by molar-refractivity contribution is 5.89. The zero-order valence-corrected chi connectivity index (χ0v) is 14.4. The molecule has 2 bridgehead atoms. The Bertz CT molecular complexity index is 608. The van der Waals surface area contributed by atoms with E-state index in [1.807, 2.05) is 6.92 Å². The maximum absolute atomic E-state index is 13.2. The summed E-state index contributed by atoms with van der Waals surface area (Å²) in [6.07, 6.45) is 7.28. The maximum atomic E-state index is 13.2. The SMILES string of the molecule is C=C1C[C@]23CC[C@H]1C[C@H]2[C@]1(C)CCC[C@@](C)(C(=O)O)[C@H]1CC3=O. The van der Waals surface area contributed by atoms with E-state index >= 15 is 0 Å². The minimum absolute atomic E-state index is 0.00132. The van der Waals surface area contributed by atoms with Gasteiger partial charge in [-0.1, -0.05) is 25.5 Å². The predicted molar refractivity (Wildman–Crippen MR) is 87.8 cm³/mol. The summed E-state index contributed by atoms with van der Waals surface area (Å²) in [4.78, 5) is 25.2. The number of carbonyl (C=O) groups excluding carboxylic acids is 1. The van der Waals surface area contributed by atoms with Gasteiger partial charge in [0.05, 0.1) is 5.41 Å². The van der Waals surface area contributed by atoms with E-state index in [4.69, 9.17) is 0 Å². The van der Waals surface area contributed by atoms with Gasteiger partial charge in [-0.05, 0) is 68.6 Å². The van der Waals surface area contributed by atoms with Crippen molar-refractivity contribution < 1.29 is 14.7 Å². The number of carboxylic acid groups (broad SMARTS) is 1. The number of fused-ring (bicyclic) bond motifs is 3. The van der Waals surface area contributed by atoms with Crippen molar-refractivity contribution in [2.45, 2.75) is 65.2 Å². The second-order valence-electron chi connectivity index (χ2n) is 9.28. The predicted octanol–water partition coefficient (Wildman–Crippen LogP) is 4.22. The molecule has 6 atom stereocenters. The van der Waals surface area contributed by atoms with E-state index in [0.717, 1.165) is 38.5 Å². The molecule has 0 heterocycles. The Morgan fingerprint density at radius 1 is 1.22 bits per heavy atom. The van der Waals surface area contributed by atoms with Gasteiger partial charge in [-0.15, -0.1) is 0 Å². The third-order valence-electron chi connectivity index (χ3n) is 8.45. The van der Waals surface area contributed by atoms with Crippen LogP contribution in [0.5, 0.6) is 0 Å². The molecule has 3 nitrogen and oxygen atoms in total. The molecule has 126 valence electrons. The fraction of sp³-hybridized carbons (Fsp3) is 0.800. The highest BCUT2D eigenvalue weighted by atomic mass is 16.4. The minimum atomic E-state index is -0.738. The molecule has 0 aromatic heterocycles. The lowest BCUT2D eigenvalue weighted by Crippen LogP contribution is -2.64. The van der Waals surface area contributed by atoms with Crippen molar-refractivity contribution >= 4 is 11.8 Å². The molecule has 5 saturated carbocycles. The Morgan fingerprint density at radius 2 is 1.96 bits per heavy atom. The number of allylic oxidation sites excluding steroid dienone is 1. The summed E-state index contributed by atoms with van der Waals surface area (Å²) in [5.41, 5.74) is 0.324. The van der Waals surface area contributed by atoms with Crippen LogP contribution in [0.3, 0.4) is 0 Å². The monoisotopic (exact) mass is 316 g/mol. The molecule has 23 heavy (non-hydrogen) atoms. The Labute approximate surface area is 138 Å². The molecule has 3 heteroatoms. The third kappa shape index (κ3) is 1.71. The zero-order chi connectivity index (χ0) is 16.6. The molecule has 0 saturated heterocycles. The van der Waals surface area contributed by atoms with Crippen LogP contribution in [-0.2, 0) is 9.59 Å². The van der Waals surface area contributed by atoms with Gasteiger partial charge in [-0.2, -0.15) is 0 Å². The summed E-state index contributed by atoms with van der Waals surface area (Å²) in [6.45, 7) is 8.45. The van der Waals surface area contributed by atoms with E-state index in [2.05, 4.69) is 13.5 Å². The van der Waals surface area contributed by atoms with E-state index in [9.17, 15) is 14.7 Å². The number of aliphatic carboxylic acids is 1. The lowest BCUT2D eigenvalue weighted by atomic mass is 9.36. The van der Waals surface area contributed by atoms with Crippen molar-refractivity contribution in [3.05, 3.63) is 12.2 Å². The largest absolute Gasteiger partial charge is 0.481 e. The number of carbonyl (C=O) groups is 2. The van der Waals surface area contributed by atoms with Gasteiger partial charge >= 0.3 is 5.97 Å². The number of hydrogen-bond acceptors (Lipinski definition) is 2. The van der Waals surface area contributed by atoms with Crippen molar-refractivity contribution in [3.63, 3.8) is 0 Å². The molecule has 0 aromatic rings. The first-order valence-corrected chi connectivity index (χ1v) is 9.18. The van der Waals surface area contributed by atoms with Crippen LogP contribution in [0.15, 0.2) is 12.2 Å². The van der Waals surface area contributed by atoms with Crippen molar-refractivity contribution in [3.8, 4) is 0 Å². The standard InChI is InChI=1S/C20H28O3/c1-12-11-20-8-5-13(12)9-15(20)18(2)6-4-7-19(3,17(22)23)14(18)10-16(20)21/h13-15H,1,4-11H2,2-3H3,(H,22,23)/t13-,14-,15-,18+,19+,20+/m0/s1. The molecule has 0 aliphatic heterocycles. The van der Waals surface area contributed by atoms with Crippen LogP contribution in [0.25, 0.3) is 0 Å². The first kappa shape index (κ1) is 15.4. The van der Waals surface area contributed by atoms with E-state index in [-0.39, 0.29) is 16.7 Å². The third-order valence-corrected chi connectivity index (χ3v) is 8.45. The van der Waals surface area contributed by atoms with Gasteiger partial charge in [0, 0.05) is 11.8 Å². The summed E-state index contributed by atoms with van der Waals surface area (Å²) < 4.78 is 0. The fourth-order valence-electron chi connectivity index (χ4n) is 7.13. The van der Waals surface area contributed by atoms with Gasteiger partial charge < -0.3 is 5.11 Å². The second-order valence-corrected chi connectivity index (χ2v) is 9.28. The Balaban J connectivity index is 1.82. The quantitative estimate of drug-likeness (QED) is 0.737. The molecule has 0 amide bonds. The van der Waals surface area contributed by atoms with Crippen molar-refractivity contribution in [1.29, 1.82) is 0 Å². The van der Waals surface area contributed by atoms with Crippen molar-refractivity contribution in [2.24, 2.45) is 34.0 Å². The van der Waals surface area contributed by atoms with E-state index in [1.54, 1.807) is 0 Å². The second kappa shape index (κ2) is 4.49. The summed E-state index contributed by atoms with van der Waals surface area (Å²) in [7, 11) is 0. The van der Waals surface area contributed by atoms with Crippen LogP contribution in [0.4, 0.5) is 0 Å². The normalized spacial score (nSPS) is 52.0. The number of rotatable bonds is 1. The van der Waals surface area contributed by atoms with Crippen LogP contribution >= 0.6 is 0 Å². The van der Waals surface area contributed by atoms with Crippen LogP contribution in [0.1, 0.15) is 65.2 Å². The first-order valence-electron chi connectivity index (χ1n) is 9.18. The van der Waals surface area contributed by atoms with E-state index < -0.39 is 11.4 Å². The van der Waals surface area contributed by atoms with Crippen molar-refractivity contribution in [2.75, 3.05) is 0 Å². The molecule has 0 radical (unpaired) electrons. The van der Waals surface area contributed by atoms with Crippen molar-refractivity contribution in [1.82, 2.24) is 0 Å². The Kier molecular flexibility index (Phi) is 3.01. The molecule has 0 aromatic carbocycles. The lowest BCUT2D eigenvalue weighted by molar-refractivity contribution is -0.192. The number of ketones is 1. The number of Topliss-reactive ketones (excluding diaryl/α,β-unsaturated/α-hetero) is 1. The molecular weight excluding hydrogens is 288 g/mol. The number of hydrogen-bond donors (Lipinski definition) is 1. The first-order chi connectivity index (χ1) is 10.7. The smallest absolute Gasteiger partial charge is 0.309 e. The van der Waals surface area contributed by atoms with Gasteiger partial charge in [0.15, 0.2) is 0 Å². The van der Waals surface area contributed by atoms with Gasteiger partial charge in [0.2, 0.25) is 0 Å². The molecule has 5 aliphatic rings. The van der Waals surface area contributed by atoms with Gasteiger partial charge in [0.1, 0.15) is 5.78 Å². The van der Waals surface area contributed by atoms with Gasteiger partial charge in [-0.25, -0.2) is 0 Å². The molecule has 0 unspecified atom stereocenters. The fourth-order valence-corrected chi connectivity index (χ4v) is 7.13. The topological polar surface area (TPSA) is 54.4 Å². The molecular formula is C20H28O3. The molecule has 5 aliphatic carbocycles. The highest BCUT2D eigenvalue weighted by Gasteiger charge is 2.68. The minimum Gasteiger partial charge on any atom is -0.481 e. The Morgan fingerprint density at radius 3 is 2.61 bits per heavy atom. The average Bonchev–Trinajstić information content (AvgIpc) is 2.50. The molecule has 5 fully saturated rings. The van der Waals surface area contributed by atoms with Crippen LogP contribution in [0, 0.1) is 34.0 Å². The van der Waals surface area contributed by atoms with Crippen LogP contribution < -0.4 is 0 Å². The summed E-state index contributed by atoms with van der Waals surface area (Å²) in [6, 6.07) is 0. The summed E-state index contributed by atoms with van der Waals surface area (Å²) in [5.74, 6) is 0.561. The van der Waals surface area contributed by atoms with E-state index in [1.165, 1.54) is 5.57 Å². The maximum Gasteiger partial charge on any atom is 0.309 e. The van der Waals surface area contributed by atoms with E-state index in [0.29, 0.717) is 30.5 Å². The summed E-state index contributed by atoms with van der Waals surface area (Å²) in [5, 5.41) is 9.88. The molecule has 1 spiro atoms. The Hall–Kier alpha value is -1.12. The molecule has 5 rings (SSSR count). The average molecular weight is 316 g/mol. The molecule has 1 N–H and O–H groups in total. The lowest BCUT2D eigenvalue weighted by Gasteiger charge is -2.66. The number of carboxylic acids is 1. The van der Waals surface area contributed by atoms with Gasteiger partial charge in [0.25, 0.3) is 0 Å².